The minimum Gasteiger partial charge on any atom is -0.506 e. The molecule has 0 aromatic carbocycles. The Morgan fingerprint density at radius 2 is 2.44 bits per heavy atom. The van der Waals surface area contributed by atoms with Crippen LogP contribution in [0.25, 0.3) is 0 Å². The zero-order chi connectivity index (χ0) is 13.0. The molecule has 1 amide bonds. The van der Waals surface area contributed by atoms with E-state index in [1.165, 1.54) is 24.9 Å². The van der Waals surface area contributed by atoms with Crippen LogP contribution >= 0.6 is 0 Å². The molecule has 5 nitrogen and oxygen atoms in total. The van der Waals surface area contributed by atoms with Crippen LogP contribution in [0, 0.1) is 0 Å². The molecule has 98 valence electrons. The first kappa shape index (κ1) is 12.8. The van der Waals surface area contributed by atoms with Gasteiger partial charge in [0.1, 0.15) is 5.75 Å². The van der Waals surface area contributed by atoms with Gasteiger partial charge in [-0.15, -0.1) is 0 Å². The highest BCUT2D eigenvalue weighted by Crippen LogP contribution is 2.16. The molecule has 0 bridgehead atoms. The van der Waals surface area contributed by atoms with E-state index in [4.69, 9.17) is 0 Å². The van der Waals surface area contributed by atoms with Crippen molar-refractivity contribution >= 4 is 5.91 Å². The topological polar surface area (TPSA) is 65.5 Å². The Bertz CT molecular complexity index is 422. The van der Waals surface area contributed by atoms with Gasteiger partial charge in [0.05, 0.1) is 11.8 Å². The first-order valence-corrected chi connectivity index (χ1v) is 6.37. The Hall–Kier alpha value is -1.62. The smallest absolute Gasteiger partial charge is 0.253 e. The maximum atomic E-state index is 11.9. The molecule has 2 N–H and O–H groups in total. The van der Waals surface area contributed by atoms with Crippen molar-refractivity contribution in [2.24, 2.45) is 0 Å². The summed E-state index contributed by atoms with van der Waals surface area (Å²) < 4.78 is 0. The molecule has 1 fully saturated rings. The average Bonchev–Trinajstić information content (AvgIpc) is 2.83. The molecular formula is C13H19N3O2. The fourth-order valence-corrected chi connectivity index (χ4v) is 2.41. The van der Waals surface area contributed by atoms with Crippen LogP contribution in [-0.2, 0) is 0 Å². The Labute approximate surface area is 107 Å². The van der Waals surface area contributed by atoms with Crippen LogP contribution in [0.4, 0.5) is 0 Å². The highest BCUT2D eigenvalue weighted by atomic mass is 16.3. The zero-order valence-electron chi connectivity index (χ0n) is 10.6. The van der Waals surface area contributed by atoms with Gasteiger partial charge in [0.25, 0.3) is 5.91 Å². The summed E-state index contributed by atoms with van der Waals surface area (Å²) in [6.07, 6.45) is 5.10. The van der Waals surface area contributed by atoms with E-state index in [0.29, 0.717) is 18.2 Å². The quantitative estimate of drug-likeness (QED) is 0.835. The van der Waals surface area contributed by atoms with Crippen molar-refractivity contribution in [3.8, 4) is 5.75 Å². The number of amides is 1. The van der Waals surface area contributed by atoms with Crippen LogP contribution in [0.15, 0.2) is 18.5 Å². The highest BCUT2D eigenvalue weighted by Gasteiger charge is 2.23. The van der Waals surface area contributed by atoms with Crippen LogP contribution in [-0.4, -0.2) is 46.6 Å². The molecule has 1 aromatic heterocycles. The molecule has 1 saturated heterocycles. The summed E-state index contributed by atoms with van der Waals surface area (Å²) in [6, 6.07) is 1.86. The lowest BCUT2D eigenvalue weighted by atomic mass is 10.2. The van der Waals surface area contributed by atoms with Crippen LogP contribution < -0.4 is 5.32 Å². The Morgan fingerprint density at radius 3 is 3.17 bits per heavy atom. The summed E-state index contributed by atoms with van der Waals surface area (Å²) in [5, 5.41) is 12.2. The van der Waals surface area contributed by atoms with Gasteiger partial charge in [-0.05, 0) is 32.0 Å². The number of nitrogens with one attached hydrogen (secondary N) is 1. The number of aromatic nitrogens is 1. The molecule has 18 heavy (non-hydrogen) atoms. The number of carbonyl (C=O) groups is 1. The van der Waals surface area contributed by atoms with Crippen molar-refractivity contribution in [3.05, 3.63) is 24.0 Å². The van der Waals surface area contributed by atoms with E-state index in [2.05, 4.69) is 22.1 Å². The van der Waals surface area contributed by atoms with Crippen molar-refractivity contribution in [2.45, 2.75) is 25.8 Å². The van der Waals surface area contributed by atoms with Crippen LogP contribution in [0.2, 0.25) is 0 Å². The SMILES string of the molecule is CCN1CCCC1CNC(=O)c1cncc(O)c1. The number of aromatic hydroxyl groups is 1. The van der Waals surface area contributed by atoms with Crippen molar-refractivity contribution in [3.63, 3.8) is 0 Å². The maximum absolute atomic E-state index is 11.9. The van der Waals surface area contributed by atoms with Crippen LogP contribution in [0.1, 0.15) is 30.1 Å². The molecule has 0 spiro atoms. The van der Waals surface area contributed by atoms with E-state index in [1.54, 1.807) is 0 Å². The van der Waals surface area contributed by atoms with Crippen molar-refractivity contribution in [1.29, 1.82) is 0 Å². The molecule has 2 heterocycles. The number of likely N-dealkylation sites (N-methyl/N-ethyl adjacent to an activating group) is 1. The second kappa shape index (κ2) is 5.82. The van der Waals surface area contributed by atoms with Gasteiger partial charge >= 0.3 is 0 Å². The molecule has 0 saturated carbocycles. The van der Waals surface area contributed by atoms with Gasteiger partial charge in [-0.25, -0.2) is 0 Å². The third kappa shape index (κ3) is 2.98. The number of hydrogen-bond acceptors (Lipinski definition) is 4. The Kier molecular flexibility index (Phi) is 4.15. The zero-order valence-corrected chi connectivity index (χ0v) is 10.6. The van der Waals surface area contributed by atoms with Crippen LogP contribution in [0.5, 0.6) is 5.75 Å². The number of hydrogen-bond donors (Lipinski definition) is 2. The molecular weight excluding hydrogens is 230 g/mol. The van der Waals surface area contributed by atoms with Crippen LogP contribution in [0.3, 0.4) is 0 Å². The molecule has 0 radical (unpaired) electrons. The van der Waals surface area contributed by atoms with Gasteiger partial charge < -0.3 is 10.4 Å². The van der Waals surface area contributed by atoms with Gasteiger partial charge in [0.15, 0.2) is 0 Å². The predicted molar refractivity (Wildman–Crippen MR) is 68.5 cm³/mol. The second-order valence-corrected chi connectivity index (χ2v) is 4.57. The summed E-state index contributed by atoms with van der Waals surface area (Å²) in [6.45, 7) is 4.93. The van der Waals surface area contributed by atoms with Gasteiger partial charge in [-0.3, -0.25) is 14.7 Å². The number of pyridine rings is 1. The summed E-state index contributed by atoms with van der Waals surface area (Å²) in [5.41, 5.74) is 0.399. The predicted octanol–water partition coefficient (Wildman–Crippen LogP) is 1.00. The third-order valence-electron chi connectivity index (χ3n) is 3.39. The number of rotatable bonds is 4. The minimum atomic E-state index is -0.179. The molecule has 1 atom stereocenters. The lowest BCUT2D eigenvalue weighted by Crippen LogP contribution is -2.40. The van der Waals surface area contributed by atoms with E-state index in [1.807, 2.05) is 0 Å². The Morgan fingerprint density at radius 1 is 1.61 bits per heavy atom. The van der Waals surface area contributed by atoms with E-state index in [-0.39, 0.29) is 11.7 Å². The molecule has 1 aliphatic rings. The molecule has 0 aliphatic carbocycles. The fourth-order valence-electron chi connectivity index (χ4n) is 2.41. The summed E-state index contributed by atoms with van der Waals surface area (Å²) in [5.74, 6) is -0.167. The van der Waals surface area contributed by atoms with Crippen molar-refractivity contribution in [1.82, 2.24) is 15.2 Å². The molecule has 2 rings (SSSR count). The maximum Gasteiger partial charge on any atom is 0.253 e. The molecule has 5 heteroatoms. The van der Waals surface area contributed by atoms with Gasteiger partial charge in [0, 0.05) is 18.8 Å². The van der Waals surface area contributed by atoms with E-state index >= 15 is 0 Å². The minimum absolute atomic E-state index is 0.0127. The first-order valence-electron chi connectivity index (χ1n) is 6.37. The van der Waals surface area contributed by atoms with E-state index in [9.17, 15) is 9.90 Å². The average molecular weight is 249 g/mol. The lowest BCUT2D eigenvalue weighted by molar-refractivity contribution is 0.0940. The summed E-state index contributed by atoms with van der Waals surface area (Å²) in [7, 11) is 0. The van der Waals surface area contributed by atoms with E-state index in [0.717, 1.165) is 19.5 Å². The van der Waals surface area contributed by atoms with Gasteiger partial charge in [-0.1, -0.05) is 6.92 Å². The fraction of sp³-hybridized carbons (Fsp3) is 0.538. The van der Waals surface area contributed by atoms with Gasteiger partial charge in [-0.2, -0.15) is 0 Å². The number of nitrogens with zero attached hydrogens (tertiary/aromatic N) is 2. The Balaban J connectivity index is 1.88. The lowest BCUT2D eigenvalue weighted by Gasteiger charge is -2.22. The summed E-state index contributed by atoms with van der Waals surface area (Å²) >= 11 is 0. The summed E-state index contributed by atoms with van der Waals surface area (Å²) in [4.78, 5) is 18.0. The normalized spacial score (nSPS) is 19.9. The molecule has 1 aliphatic heterocycles. The standard InChI is InChI=1S/C13H19N3O2/c1-2-16-5-3-4-11(16)8-15-13(18)10-6-12(17)9-14-7-10/h6-7,9,11,17H,2-5,8H2,1H3,(H,15,18). The third-order valence-corrected chi connectivity index (χ3v) is 3.39. The number of likely N-dealkylation sites (tertiary alicyclic amines) is 1. The monoisotopic (exact) mass is 249 g/mol. The first-order chi connectivity index (χ1) is 8.70. The van der Waals surface area contributed by atoms with E-state index < -0.39 is 0 Å². The second-order valence-electron chi connectivity index (χ2n) is 4.57. The highest BCUT2D eigenvalue weighted by molar-refractivity contribution is 5.94. The molecule has 1 aromatic rings. The van der Waals surface area contributed by atoms with Crippen molar-refractivity contribution < 1.29 is 9.90 Å². The molecule has 1 unspecified atom stereocenters. The van der Waals surface area contributed by atoms with Crippen molar-refractivity contribution in [2.75, 3.05) is 19.6 Å². The number of carbonyl (C=O) groups excluding carboxylic acids is 1. The van der Waals surface area contributed by atoms with Gasteiger partial charge in [0.2, 0.25) is 0 Å². The largest absolute Gasteiger partial charge is 0.506 e.